The summed E-state index contributed by atoms with van der Waals surface area (Å²) in [6.07, 6.45) is 0.937. The lowest BCUT2D eigenvalue weighted by molar-refractivity contribution is -0.124. The Balaban J connectivity index is 3.79. The molecule has 0 aromatic heterocycles. The third-order valence-corrected chi connectivity index (χ3v) is 1.24. The van der Waals surface area contributed by atoms with Crippen LogP contribution in [0.2, 0.25) is 0 Å². The number of rotatable bonds is 4. The van der Waals surface area contributed by atoms with E-state index in [0.29, 0.717) is 0 Å². The quantitative estimate of drug-likeness (QED) is 0.493. The van der Waals surface area contributed by atoms with Crippen LogP contribution in [0.5, 0.6) is 0 Å². The number of hydrogen-bond donors (Lipinski definition) is 2. The van der Waals surface area contributed by atoms with Crippen LogP contribution in [0.25, 0.3) is 0 Å². The summed E-state index contributed by atoms with van der Waals surface area (Å²) in [5.41, 5.74) is 0. The van der Waals surface area contributed by atoms with Crippen molar-refractivity contribution < 1.29 is 9.59 Å². The van der Waals surface area contributed by atoms with Gasteiger partial charge in [-0.1, -0.05) is 0 Å². The third-order valence-electron chi connectivity index (χ3n) is 1.24. The van der Waals surface area contributed by atoms with Crippen molar-refractivity contribution in [1.82, 2.24) is 10.6 Å². The van der Waals surface area contributed by atoms with Crippen molar-refractivity contribution in [2.45, 2.75) is 12.5 Å². The summed E-state index contributed by atoms with van der Waals surface area (Å²) in [6, 6.07) is -0.387. The average molecular weight is 144 g/mol. The van der Waals surface area contributed by atoms with Crippen molar-refractivity contribution in [3.8, 4) is 0 Å². The Kier molecular flexibility index (Phi) is 4.49. The average Bonchev–Trinajstić information content (AvgIpc) is 1.99. The van der Waals surface area contributed by atoms with Crippen molar-refractivity contribution in [3.05, 3.63) is 0 Å². The van der Waals surface area contributed by atoms with Crippen LogP contribution in [0.15, 0.2) is 0 Å². The molecule has 10 heavy (non-hydrogen) atoms. The van der Waals surface area contributed by atoms with E-state index in [-0.39, 0.29) is 18.4 Å². The lowest BCUT2D eigenvalue weighted by atomic mass is 10.2. The second-order valence-electron chi connectivity index (χ2n) is 1.86. The monoisotopic (exact) mass is 144 g/mol. The molecule has 1 amide bonds. The highest BCUT2D eigenvalue weighted by atomic mass is 16.2. The fourth-order valence-electron chi connectivity index (χ4n) is 0.626. The molecule has 0 bridgehead atoms. The third kappa shape index (κ3) is 2.59. The predicted octanol–water partition coefficient (Wildman–Crippen LogP) is -1.09. The zero-order chi connectivity index (χ0) is 7.98. The van der Waals surface area contributed by atoms with Crippen LogP contribution in [-0.2, 0) is 9.59 Å². The van der Waals surface area contributed by atoms with Gasteiger partial charge in [-0.3, -0.25) is 4.79 Å². The van der Waals surface area contributed by atoms with Crippen molar-refractivity contribution in [3.63, 3.8) is 0 Å². The standard InChI is InChI=1S/C6H12N2O2/c1-7-5(3-4-9)6(10)8-2/h4-5,7H,3H2,1-2H3,(H,8,10). The fourth-order valence-corrected chi connectivity index (χ4v) is 0.626. The molecule has 0 spiro atoms. The summed E-state index contributed by atoms with van der Waals surface area (Å²) < 4.78 is 0. The number of hydrogen-bond acceptors (Lipinski definition) is 3. The lowest BCUT2D eigenvalue weighted by Crippen LogP contribution is -2.41. The molecule has 0 heterocycles. The van der Waals surface area contributed by atoms with Gasteiger partial charge in [0.25, 0.3) is 0 Å². The molecule has 1 atom stereocenters. The predicted molar refractivity (Wildman–Crippen MR) is 37.6 cm³/mol. The van der Waals surface area contributed by atoms with Crippen LogP contribution >= 0.6 is 0 Å². The second kappa shape index (κ2) is 4.93. The van der Waals surface area contributed by atoms with Crippen LogP contribution in [0.4, 0.5) is 0 Å². The molecular weight excluding hydrogens is 132 g/mol. The highest BCUT2D eigenvalue weighted by Gasteiger charge is 2.12. The summed E-state index contributed by atoms with van der Waals surface area (Å²) in [5.74, 6) is -0.158. The van der Waals surface area contributed by atoms with Gasteiger partial charge in [0, 0.05) is 13.5 Å². The summed E-state index contributed by atoms with van der Waals surface area (Å²) in [4.78, 5) is 20.8. The normalized spacial score (nSPS) is 12.2. The SMILES string of the molecule is CNC(=O)C(CC=O)NC. The molecule has 4 heteroatoms. The molecule has 0 saturated carbocycles. The van der Waals surface area contributed by atoms with E-state index in [1.54, 1.807) is 7.05 Å². The van der Waals surface area contributed by atoms with E-state index in [2.05, 4.69) is 10.6 Å². The smallest absolute Gasteiger partial charge is 0.237 e. The van der Waals surface area contributed by atoms with Crippen LogP contribution < -0.4 is 10.6 Å². The number of nitrogens with one attached hydrogen (secondary N) is 2. The highest BCUT2D eigenvalue weighted by molar-refractivity contribution is 5.83. The van der Waals surface area contributed by atoms with E-state index >= 15 is 0 Å². The van der Waals surface area contributed by atoms with E-state index in [9.17, 15) is 9.59 Å². The van der Waals surface area contributed by atoms with Gasteiger partial charge in [-0.2, -0.15) is 0 Å². The number of likely N-dealkylation sites (N-methyl/N-ethyl adjacent to an activating group) is 2. The van der Waals surface area contributed by atoms with Crippen molar-refractivity contribution >= 4 is 12.2 Å². The number of carbonyl (C=O) groups excluding carboxylic acids is 2. The number of aldehydes is 1. The summed E-state index contributed by atoms with van der Waals surface area (Å²) in [7, 11) is 3.18. The van der Waals surface area contributed by atoms with Crippen molar-refractivity contribution in [2.24, 2.45) is 0 Å². The maximum atomic E-state index is 10.8. The van der Waals surface area contributed by atoms with E-state index < -0.39 is 0 Å². The van der Waals surface area contributed by atoms with Crippen LogP contribution in [0.1, 0.15) is 6.42 Å². The Hall–Kier alpha value is -0.900. The summed E-state index contributed by atoms with van der Waals surface area (Å²) in [6.45, 7) is 0. The largest absolute Gasteiger partial charge is 0.358 e. The van der Waals surface area contributed by atoms with Gasteiger partial charge in [-0.25, -0.2) is 0 Å². The first-order valence-corrected chi connectivity index (χ1v) is 3.08. The minimum Gasteiger partial charge on any atom is -0.358 e. The molecular formula is C6H12N2O2. The summed E-state index contributed by atoms with van der Waals surface area (Å²) >= 11 is 0. The van der Waals surface area contributed by atoms with E-state index in [0.717, 1.165) is 6.29 Å². The van der Waals surface area contributed by atoms with Crippen LogP contribution in [0.3, 0.4) is 0 Å². The van der Waals surface area contributed by atoms with Gasteiger partial charge in [0.2, 0.25) is 5.91 Å². The second-order valence-corrected chi connectivity index (χ2v) is 1.86. The molecule has 0 rings (SSSR count). The lowest BCUT2D eigenvalue weighted by Gasteiger charge is -2.09. The molecule has 0 aliphatic rings. The molecule has 1 unspecified atom stereocenters. The van der Waals surface area contributed by atoms with Crippen LogP contribution in [-0.4, -0.2) is 32.3 Å². The van der Waals surface area contributed by atoms with Gasteiger partial charge in [0.05, 0.1) is 6.04 Å². The topological polar surface area (TPSA) is 58.2 Å². The molecule has 0 fully saturated rings. The minimum absolute atomic E-state index is 0.158. The fraction of sp³-hybridized carbons (Fsp3) is 0.667. The number of amides is 1. The van der Waals surface area contributed by atoms with Gasteiger partial charge in [0.1, 0.15) is 6.29 Å². The highest BCUT2D eigenvalue weighted by Crippen LogP contribution is 1.85. The maximum Gasteiger partial charge on any atom is 0.237 e. The van der Waals surface area contributed by atoms with Gasteiger partial charge in [-0.05, 0) is 7.05 Å². The summed E-state index contributed by atoms with van der Waals surface area (Å²) in [5, 5.41) is 5.15. The molecule has 58 valence electrons. The molecule has 4 nitrogen and oxygen atoms in total. The Bertz CT molecular complexity index is 125. The Labute approximate surface area is 60.0 Å². The van der Waals surface area contributed by atoms with Gasteiger partial charge in [-0.15, -0.1) is 0 Å². The molecule has 0 saturated heterocycles. The molecule has 0 aromatic rings. The Morgan fingerprint density at radius 2 is 2.20 bits per heavy atom. The molecule has 0 radical (unpaired) electrons. The molecule has 2 N–H and O–H groups in total. The van der Waals surface area contributed by atoms with Gasteiger partial charge < -0.3 is 15.4 Å². The van der Waals surface area contributed by atoms with E-state index in [1.807, 2.05) is 0 Å². The Morgan fingerprint density at radius 1 is 1.60 bits per heavy atom. The van der Waals surface area contributed by atoms with Crippen LogP contribution in [0, 0.1) is 0 Å². The number of carbonyl (C=O) groups is 2. The van der Waals surface area contributed by atoms with Gasteiger partial charge in [0.15, 0.2) is 0 Å². The molecule has 0 aliphatic carbocycles. The maximum absolute atomic E-state index is 10.8. The zero-order valence-corrected chi connectivity index (χ0v) is 6.18. The molecule has 0 aromatic carbocycles. The van der Waals surface area contributed by atoms with Crippen molar-refractivity contribution in [2.75, 3.05) is 14.1 Å². The first kappa shape index (κ1) is 9.10. The van der Waals surface area contributed by atoms with E-state index in [1.165, 1.54) is 7.05 Å². The first-order valence-electron chi connectivity index (χ1n) is 3.08. The Morgan fingerprint density at radius 3 is 2.50 bits per heavy atom. The van der Waals surface area contributed by atoms with Crippen molar-refractivity contribution in [1.29, 1.82) is 0 Å². The first-order chi connectivity index (χ1) is 4.76. The minimum atomic E-state index is -0.387. The van der Waals surface area contributed by atoms with Gasteiger partial charge >= 0.3 is 0 Å². The molecule has 0 aliphatic heterocycles. The van der Waals surface area contributed by atoms with E-state index in [4.69, 9.17) is 0 Å². The zero-order valence-electron chi connectivity index (χ0n) is 6.18.